The fourth-order valence-corrected chi connectivity index (χ4v) is 2.78. The van der Waals surface area contributed by atoms with E-state index in [0.717, 1.165) is 22.9 Å². The lowest BCUT2D eigenvalue weighted by atomic mass is 10.1. The Hall–Kier alpha value is -3.48. The molecule has 5 nitrogen and oxygen atoms in total. The maximum Gasteiger partial charge on any atom is 0.311 e. The van der Waals surface area contributed by atoms with Gasteiger partial charge in [0, 0.05) is 19.0 Å². The van der Waals surface area contributed by atoms with E-state index < -0.39 is 23.5 Å². The molecular formula is C22H19F2NO4. The lowest BCUT2D eigenvalue weighted by Crippen LogP contribution is -2.26. The van der Waals surface area contributed by atoms with Crippen LogP contribution in [0.1, 0.15) is 23.2 Å². The van der Waals surface area contributed by atoms with Crippen molar-refractivity contribution in [3.05, 3.63) is 71.8 Å². The summed E-state index contributed by atoms with van der Waals surface area (Å²) in [5.74, 6) is -1.69. The van der Waals surface area contributed by atoms with Gasteiger partial charge in [0.05, 0.1) is 12.7 Å². The van der Waals surface area contributed by atoms with E-state index in [1.165, 1.54) is 0 Å². The van der Waals surface area contributed by atoms with Gasteiger partial charge in [-0.3, -0.25) is 9.59 Å². The molecule has 7 heteroatoms. The summed E-state index contributed by atoms with van der Waals surface area (Å²) in [7, 11) is 1.58. The molecule has 0 saturated heterocycles. The van der Waals surface area contributed by atoms with E-state index in [4.69, 9.17) is 9.47 Å². The number of hydrogen-bond donors (Lipinski definition) is 1. The van der Waals surface area contributed by atoms with Crippen LogP contribution in [0.4, 0.5) is 8.78 Å². The second-order valence-corrected chi connectivity index (χ2v) is 6.33. The third-order valence-electron chi connectivity index (χ3n) is 4.27. The molecule has 150 valence electrons. The molecular weight excluding hydrogens is 380 g/mol. The minimum Gasteiger partial charge on any atom is -0.497 e. The number of halogens is 2. The number of fused-ring (bicyclic) bond motifs is 1. The molecule has 0 radical (unpaired) electrons. The third-order valence-corrected chi connectivity index (χ3v) is 4.27. The molecule has 0 unspecified atom stereocenters. The molecule has 3 aromatic rings. The Morgan fingerprint density at radius 2 is 1.66 bits per heavy atom. The van der Waals surface area contributed by atoms with Gasteiger partial charge in [-0.15, -0.1) is 0 Å². The zero-order valence-corrected chi connectivity index (χ0v) is 15.7. The summed E-state index contributed by atoms with van der Waals surface area (Å²) in [6.07, 6.45) is 0.386. The largest absolute Gasteiger partial charge is 0.497 e. The SMILES string of the molecule is COc1ccc2ccc(OC(=O)CCCNC(=O)c3ccc(F)cc3F)cc2c1. The van der Waals surface area contributed by atoms with Crippen LogP contribution in [0.15, 0.2) is 54.6 Å². The molecule has 0 aliphatic carbocycles. The second kappa shape index (κ2) is 9.14. The van der Waals surface area contributed by atoms with Crippen LogP contribution in [-0.2, 0) is 4.79 Å². The van der Waals surface area contributed by atoms with Gasteiger partial charge in [-0.2, -0.15) is 0 Å². The van der Waals surface area contributed by atoms with Crippen molar-refractivity contribution < 1.29 is 27.8 Å². The quantitative estimate of drug-likeness (QED) is 0.367. The number of benzene rings is 3. The molecule has 0 bridgehead atoms. The molecule has 0 fully saturated rings. The number of methoxy groups -OCH3 is 1. The van der Waals surface area contributed by atoms with Crippen molar-refractivity contribution in [3.63, 3.8) is 0 Å². The van der Waals surface area contributed by atoms with E-state index >= 15 is 0 Å². The van der Waals surface area contributed by atoms with Gasteiger partial charge in [0.2, 0.25) is 0 Å². The van der Waals surface area contributed by atoms with Gasteiger partial charge in [-0.1, -0.05) is 12.1 Å². The van der Waals surface area contributed by atoms with E-state index in [-0.39, 0.29) is 18.5 Å². The summed E-state index contributed by atoms with van der Waals surface area (Å²) in [6.45, 7) is 0.152. The molecule has 0 aromatic heterocycles. The van der Waals surface area contributed by atoms with Crippen molar-refractivity contribution >= 4 is 22.6 Å². The average Bonchev–Trinajstić information content (AvgIpc) is 2.70. The van der Waals surface area contributed by atoms with Crippen molar-refractivity contribution in [2.24, 2.45) is 0 Å². The first kappa shape index (κ1) is 20.3. The molecule has 0 spiro atoms. The van der Waals surface area contributed by atoms with Crippen LogP contribution in [-0.4, -0.2) is 25.5 Å². The third kappa shape index (κ3) is 5.28. The number of ether oxygens (including phenoxy) is 2. The number of amides is 1. The summed E-state index contributed by atoms with van der Waals surface area (Å²) >= 11 is 0. The van der Waals surface area contributed by atoms with Crippen molar-refractivity contribution in [3.8, 4) is 11.5 Å². The highest BCUT2D eigenvalue weighted by molar-refractivity contribution is 5.94. The van der Waals surface area contributed by atoms with E-state index in [0.29, 0.717) is 24.0 Å². The number of esters is 1. The van der Waals surface area contributed by atoms with E-state index in [2.05, 4.69) is 5.32 Å². The highest BCUT2D eigenvalue weighted by Crippen LogP contribution is 2.25. The van der Waals surface area contributed by atoms with E-state index in [9.17, 15) is 18.4 Å². The van der Waals surface area contributed by atoms with Crippen LogP contribution in [0.2, 0.25) is 0 Å². The molecule has 1 amide bonds. The topological polar surface area (TPSA) is 64.6 Å². The van der Waals surface area contributed by atoms with Crippen LogP contribution in [0.3, 0.4) is 0 Å². The number of nitrogens with one attached hydrogen (secondary N) is 1. The van der Waals surface area contributed by atoms with Gasteiger partial charge in [0.15, 0.2) is 0 Å². The van der Waals surface area contributed by atoms with Crippen molar-refractivity contribution in [2.45, 2.75) is 12.8 Å². The monoisotopic (exact) mass is 399 g/mol. The van der Waals surface area contributed by atoms with Gasteiger partial charge >= 0.3 is 5.97 Å². The summed E-state index contributed by atoms with van der Waals surface area (Å²) in [6, 6.07) is 13.6. The Morgan fingerprint density at radius 1 is 0.931 bits per heavy atom. The molecule has 0 aliphatic rings. The van der Waals surface area contributed by atoms with Gasteiger partial charge in [0.25, 0.3) is 5.91 Å². The molecule has 1 N–H and O–H groups in total. The molecule has 0 atom stereocenters. The molecule has 0 saturated carbocycles. The average molecular weight is 399 g/mol. The Labute approximate surface area is 166 Å². The van der Waals surface area contributed by atoms with Crippen LogP contribution < -0.4 is 14.8 Å². The highest BCUT2D eigenvalue weighted by Gasteiger charge is 2.12. The van der Waals surface area contributed by atoms with Crippen molar-refractivity contribution in [1.29, 1.82) is 0 Å². The molecule has 29 heavy (non-hydrogen) atoms. The maximum atomic E-state index is 13.6. The fraction of sp³-hybridized carbons (Fsp3) is 0.182. The highest BCUT2D eigenvalue weighted by atomic mass is 19.1. The van der Waals surface area contributed by atoms with Gasteiger partial charge in [0.1, 0.15) is 23.1 Å². The van der Waals surface area contributed by atoms with Crippen molar-refractivity contribution in [1.82, 2.24) is 5.32 Å². The van der Waals surface area contributed by atoms with Crippen molar-refractivity contribution in [2.75, 3.05) is 13.7 Å². The van der Waals surface area contributed by atoms with Gasteiger partial charge in [-0.25, -0.2) is 8.78 Å². The van der Waals surface area contributed by atoms with Gasteiger partial charge in [-0.05, 0) is 53.6 Å². The van der Waals surface area contributed by atoms with E-state index in [1.54, 1.807) is 19.2 Å². The number of carbonyl (C=O) groups excluding carboxylic acids is 2. The van der Waals surface area contributed by atoms with Crippen LogP contribution in [0, 0.1) is 11.6 Å². The summed E-state index contributed by atoms with van der Waals surface area (Å²) < 4.78 is 37.0. The van der Waals surface area contributed by atoms with Gasteiger partial charge < -0.3 is 14.8 Å². The summed E-state index contributed by atoms with van der Waals surface area (Å²) in [4.78, 5) is 23.9. The van der Waals surface area contributed by atoms with Crippen LogP contribution in [0.25, 0.3) is 10.8 Å². The fourth-order valence-electron chi connectivity index (χ4n) is 2.78. The minimum absolute atomic E-state index is 0.0718. The minimum atomic E-state index is -0.935. The predicted octanol–water partition coefficient (Wildman–Crippen LogP) is 4.24. The smallest absolute Gasteiger partial charge is 0.311 e. The van der Waals surface area contributed by atoms with E-state index in [1.807, 2.05) is 24.3 Å². The second-order valence-electron chi connectivity index (χ2n) is 6.33. The Morgan fingerprint density at radius 3 is 2.38 bits per heavy atom. The molecule has 3 aromatic carbocycles. The van der Waals surface area contributed by atoms with Crippen LogP contribution >= 0.6 is 0 Å². The Bertz CT molecular complexity index is 1050. The summed E-state index contributed by atoms with van der Waals surface area (Å²) in [5, 5.41) is 4.36. The molecule has 3 rings (SSSR count). The predicted molar refractivity (Wildman–Crippen MR) is 104 cm³/mol. The standard InChI is InChI=1S/C22H19F2NO4/c1-28-17-7-4-14-5-8-18(12-15(14)11-17)29-21(26)3-2-10-25-22(27)19-9-6-16(23)13-20(19)24/h4-9,11-13H,2-3,10H2,1H3,(H,25,27). The first-order valence-corrected chi connectivity index (χ1v) is 8.98. The zero-order chi connectivity index (χ0) is 20.8. The Balaban J connectivity index is 1.48. The first-order chi connectivity index (χ1) is 14.0. The maximum absolute atomic E-state index is 13.6. The molecule has 0 aliphatic heterocycles. The normalized spacial score (nSPS) is 10.6. The Kier molecular flexibility index (Phi) is 6.39. The lowest BCUT2D eigenvalue weighted by molar-refractivity contribution is -0.134. The molecule has 0 heterocycles. The summed E-state index contributed by atoms with van der Waals surface area (Å²) in [5.41, 5.74) is -0.249. The number of carbonyl (C=O) groups is 2. The zero-order valence-electron chi connectivity index (χ0n) is 15.7. The lowest BCUT2D eigenvalue weighted by Gasteiger charge is -2.08. The number of hydrogen-bond acceptors (Lipinski definition) is 4. The first-order valence-electron chi connectivity index (χ1n) is 8.98. The van der Waals surface area contributed by atoms with Crippen LogP contribution in [0.5, 0.6) is 11.5 Å². The number of rotatable bonds is 7.